The van der Waals surface area contributed by atoms with Crippen LogP contribution in [0.1, 0.15) is 19.4 Å². The van der Waals surface area contributed by atoms with Gasteiger partial charge in [-0.1, -0.05) is 0 Å². The van der Waals surface area contributed by atoms with Crippen molar-refractivity contribution in [3.05, 3.63) is 24.0 Å². The summed E-state index contributed by atoms with van der Waals surface area (Å²) in [5.41, 5.74) is 7.07. The van der Waals surface area contributed by atoms with Gasteiger partial charge in [-0.25, -0.2) is 9.97 Å². The van der Waals surface area contributed by atoms with Gasteiger partial charge in [0, 0.05) is 17.8 Å². The molecule has 0 aliphatic carbocycles. The van der Waals surface area contributed by atoms with Crippen LogP contribution in [0.25, 0.3) is 17.2 Å². The van der Waals surface area contributed by atoms with E-state index < -0.39 is 5.91 Å². The Morgan fingerprint density at radius 2 is 2.33 bits per heavy atom. The van der Waals surface area contributed by atoms with Crippen LogP contribution in [0.3, 0.4) is 0 Å². The number of hydrogen-bond acceptors (Lipinski definition) is 4. The van der Waals surface area contributed by atoms with Crippen LogP contribution in [0.15, 0.2) is 18.5 Å². The van der Waals surface area contributed by atoms with Gasteiger partial charge in [0.2, 0.25) is 11.8 Å². The summed E-state index contributed by atoms with van der Waals surface area (Å²) in [6, 6.07) is 0. The molecule has 0 bridgehead atoms. The van der Waals surface area contributed by atoms with Gasteiger partial charge in [-0.15, -0.1) is 0 Å². The molecule has 2 aromatic rings. The number of nitrogens with one attached hydrogen (secondary N) is 1. The first-order valence-electron chi connectivity index (χ1n) is 5.54. The van der Waals surface area contributed by atoms with Gasteiger partial charge in [0.25, 0.3) is 0 Å². The van der Waals surface area contributed by atoms with Crippen molar-refractivity contribution in [1.29, 1.82) is 0 Å². The van der Waals surface area contributed by atoms with Crippen molar-refractivity contribution >= 4 is 23.1 Å². The fourth-order valence-electron chi connectivity index (χ4n) is 1.49. The third-order valence-electron chi connectivity index (χ3n) is 2.17. The monoisotopic (exact) mass is 246 g/mol. The van der Waals surface area contributed by atoms with Crippen molar-refractivity contribution < 1.29 is 9.53 Å². The number of primary amides is 1. The molecule has 0 saturated carbocycles. The summed E-state index contributed by atoms with van der Waals surface area (Å²) in [7, 11) is 0. The number of carbonyl (C=O) groups excluding carboxylic acids is 1. The number of aromatic nitrogens is 3. The summed E-state index contributed by atoms with van der Waals surface area (Å²) in [6.07, 6.45) is 6.17. The molecule has 1 amide bonds. The van der Waals surface area contributed by atoms with E-state index in [1.165, 1.54) is 6.08 Å². The second kappa shape index (κ2) is 4.87. The Hall–Kier alpha value is -2.37. The summed E-state index contributed by atoms with van der Waals surface area (Å²) in [5, 5.41) is 0. The number of rotatable bonds is 4. The van der Waals surface area contributed by atoms with E-state index in [4.69, 9.17) is 10.5 Å². The molecule has 0 fully saturated rings. The second-order valence-corrected chi connectivity index (χ2v) is 4.05. The number of amides is 1. The van der Waals surface area contributed by atoms with Crippen LogP contribution in [0, 0.1) is 0 Å². The Kier molecular flexibility index (Phi) is 3.27. The molecule has 0 spiro atoms. The maximum Gasteiger partial charge on any atom is 0.241 e. The van der Waals surface area contributed by atoms with Gasteiger partial charge in [-0.05, 0) is 19.9 Å². The van der Waals surface area contributed by atoms with Gasteiger partial charge in [0.15, 0.2) is 5.65 Å². The van der Waals surface area contributed by atoms with Gasteiger partial charge >= 0.3 is 0 Å². The van der Waals surface area contributed by atoms with Crippen molar-refractivity contribution in [3.8, 4) is 5.88 Å². The average molecular weight is 246 g/mol. The number of fused-ring (bicyclic) bond motifs is 1. The van der Waals surface area contributed by atoms with E-state index >= 15 is 0 Å². The van der Waals surface area contributed by atoms with E-state index in [-0.39, 0.29) is 6.10 Å². The molecule has 2 rings (SSSR count). The van der Waals surface area contributed by atoms with E-state index in [0.717, 1.165) is 5.56 Å². The summed E-state index contributed by atoms with van der Waals surface area (Å²) < 4.78 is 5.47. The molecule has 2 aromatic heterocycles. The SMILES string of the molecule is CC(C)Oc1cnc2[nH]cc(C=CC(N)=O)c2n1. The highest BCUT2D eigenvalue weighted by atomic mass is 16.5. The van der Waals surface area contributed by atoms with E-state index in [2.05, 4.69) is 15.0 Å². The summed E-state index contributed by atoms with van der Waals surface area (Å²) in [6.45, 7) is 3.83. The fraction of sp³-hybridized carbons (Fsp3) is 0.250. The van der Waals surface area contributed by atoms with Gasteiger partial charge < -0.3 is 15.5 Å². The van der Waals surface area contributed by atoms with Crippen molar-refractivity contribution in [2.45, 2.75) is 20.0 Å². The highest BCUT2D eigenvalue weighted by Crippen LogP contribution is 2.18. The Morgan fingerprint density at radius 1 is 1.56 bits per heavy atom. The van der Waals surface area contributed by atoms with Crippen LogP contribution in [0.2, 0.25) is 0 Å². The molecular formula is C12H14N4O2. The highest BCUT2D eigenvalue weighted by molar-refractivity contribution is 5.93. The first-order chi connectivity index (χ1) is 8.56. The minimum absolute atomic E-state index is 0.0281. The smallest absolute Gasteiger partial charge is 0.241 e. The van der Waals surface area contributed by atoms with Crippen LogP contribution in [0.5, 0.6) is 5.88 Å². The van der Waals surface area contributed by atoms with Crippen LogP contribution in [0.4, 0.5) is 0 Å². The largest absolute Gasteiger partial charge is 0.474 e. The highest BCUT2D eigenvalue weighted by Gasteiger charge is 2.07. The minimum atomic E-state index is -0.508. The number of nitrogens with zero attached hydrogens (tertiary/aromatic N) is 2. The van der Waals surface area contributed by atoms with E-state index in [9.17, 15) is 4.79 Å². The summed E-state index contributed by atoms with van der Waals surface area (Å²) >= 11 is 0. The number of H-pyrrole nitrogens is 1. The van der Waals surface area contributed by atoms with Crippen LogP contribution in [-0.4, -0.2) is 27.0 Å². The zero-order valence-corrected chi connectivity index (χ0v) is 10.2. The normalized spacial score (nSPS) is 11.5. The first-order valence-corrected chi connectivity index (χ1v) is 5.54. The molecule has 6 nitrogen and oxygen atoms in total. The Morgan fingerprint density at radius 3 is 3.00 bits per heavy atom. The first kappa shape index (κ1) is 12.1. The number of ether oxygens (including phenoxy) is 1. The van der Waals surface area contributed by atoms with E-state index in [1.54, 1.807) is 18.5 Å². The van der Waals surface area contributed by atoms with Crippen LogP contribution in [-0.2, 0) is 4.79 Å². The molecule has 0 aliphatic rings. The number of carbonyl (C=O) groups is 1. The lowest BCUT2D eigenvalue weighted by Gasteiger charge is -2.07. The number of nitrogens with two attached hydrogens (primary N) is 1. The van der Waals surface area contributed by atoms with Crippen LogP contribution >= 0.6 is 0 Å². The number of aromatic amines is 1. The standard InChI is InChI=1S/C12H14N4O2/c1-7(2)18-10-6-15-12-11(16-10)8(5-14-12)3-4-9(13)17/h3-7H,1-2H3,(H2,13,17)(H,14,15). The van der Waals surface area contributed by atoms with E-state index in [1.807, 2.05) is 13.8 Å². The van der Waals surface area contributed by atoms with Crippen molar-refractivity contribution in [1.82, 2.24) is 15.0 Å². The molecule has 2 heterocycles. The van der Waals surface area contributed by atoms with Crippen molar-refractivity contribution in [2.24, 2.45) is 5.73 Å². The van der Waals surface area contributed by atoms with Crippen LogP contribution < -0.4 is 10.5 Å². The van der Waals surface area contributed by atoms with Gasteiger partial charge in [0.1, 0.15) is 5.52 Å². The molecule has 6 heteroatoms. The molecule has 0 aliphatic heterocycles. The molecule has 0 unspecified atom stereocenters. The maximum atomic E-state index is 10.7. The lowest BCUT2D eigenvalue weighted by Crippen LogP contribution is -2.07. The summed E-state index contributed by atoms with van der Waals surface area (Å²) in [4.78, 5) is 22.2. The van der Waals surface area contributed by atoms with Gasteiger partial charge in [-0.3, -0.25) is 4.79 Å². The third-order valence-corrected chi connectivity index (χ3v) is 2.17. The van der Waals surface area contributed by atoms with E-state index in [0.29, 0.717) is 17.0 Å². The molecule has 0 aromatic carbocycles. The molecule has 0 radical (unpaired) electrons. The van der Waals surface area contributed by atoms with Crippen molar-refractivity contribution in [2.75, 3.05) is 0 Å². The predicted molar refractivity (Wildman–Crippen MR) is 67.9 cm³/mol. The van der Waals surface area contributed by atoms with Gasteiger partial charge in [0.05, 0.1) is 12.3 Å². The predicted octanol–water partition coefficient (Wildman–Crippen LogP) is 1.24. The minimum Gasteiger partial charge on any atom is -0.474 e. The fourth-order valence-corrected chi connectivity index (χ4v) is 1.49. The third kappa shape index (κ3) is 2.65. The average Bonchev–Trinajstić information content (AvgIpc) is 2.68. The Labute approximate surface area is 104 Å². The maximum absolute atomic E-state index is 10.7. The lowest BCUT2D eigenvalue weighted by atomic mass is 10.3. The zero-order valence-electron chi connectivity index (χ0n) is 10.2. The second-order valence-electron chi connectivity index (χ2n) is 4.05. The quantitative estimate of drug-likeness (QED) is 0.794. The van der Waals surface area contributed by atoms with Crippen molar-refractivity contribution in [3.63, 3.8) is 0 Å². The molecule has 18 heavy (non-hydrogen) atoms. The Bertz CT molecular complexity index is 601. The lowest BCUT2D eigenvalue weighted by molar-refractivity contribution is -0.113. The molecular weight excluding hydrogens is 232 g/mol. The molecule has 3 N–H and O–H groups in total. The number of hydrogen-bond donors (Lipinski definition) is 2. The topological polar surface area (TPSA) is 93.9 Å². The van der Waals surface area contributed by atoms with Gasteiger partial charge in [-0.2, -0.15) is 0 Å². The zero-order chi connectivity index (χ0) is 13.1. The molecule has 0 saturated heterocycles. The molecule has 0 atom stereocenters. The molecule has 94 valence electrons. The Balaban J connectivity index is 2.40. The summed E-state index contributed by atoms with van der Waals surface area (Å²) in [5.74, 6) is -0.0577.